The Kier molecular flexibility index (Phi) is 5.04. The quantitative estimate of drug-likeness (QED) is 0.781. The predicted octanol–water partition coefficient (Wildman–Crippen LogP) is 1.41. The number of nitrogens with zero attached hydrogens (tertiary/aromatic N) is 3. The molecule has 0 saturated carbocycles. The molecule has 2 N–H and O–H groups in total. The molecule has 0 unspecified atom stereocenters. The van der Waals surface area contributed by atoms with E-state index in [0.717, 1.165) is 0 Å². The maximum Gasteiger partial charge on any atom is 0.319 e. The first-order valence-electron chi connectivity index (χ1n) is 7.06. The molecule has 0 radical (unpaired) electrons. The fourth-order valence-corrected chi connectivity index (χ4v) is 3.41. The highest BCUT2D eigenvalue weighted by Crippen LogP contribution is 2.27. The van der Waals surface area contributed by atoms with Gasteiger partial charge in [0.05, 0.1) is 30.8 Å². The van der Waals surface area contributed by atoms with Crippen molar-refractivity contribution in [2.24, 2.45) is 0 Å². The maximum atomic E-state index is 12.6. The van der Waals surface area contributed by atoms with Crippen molar-refractivity contribution in [2.75, 3.05) is 17.9 Å². The summed E-state index contributed by atoms with van der Waals surface area (Å²) in [6.07, 6.45) is 1.31. The molecule has 0 aromatic carbocycles. The summed E-state index contributed by atoms with van der Waals surface area (Å²) in [5.41, 5.74) is 0.954. The van der Waals surface area contributed by atoms with Gasteiger partial charge in [-0.15, -0.1) is 0 Å². The normalized spacial score (nSPS) is 11.3. The highest BCUT2D eigenvalue weighted by atomic mass is 32.2. The number of sulfonamides is 1. The average molecular weight is 341 g/mol. The minimum atomic E-state index is -3.84. The van der Waals surface area contributed by atoms with Gasteiger partial charge in [-0.1, -0.05) is 0 Å². The molecule has 126 valence electrons. The number of aromatic nitrogens is 4. The Hall–Kier alpha value is -2.36. The van der Waals surface area contributed by atoms with Crippen molar-refractivity contribution in [1.29, 1.82) is 0 Å². The number of anilines is 1. The van der Waals surface area contributed by atoms with Crippen molar-refractivity contribution >= 4 is 15.7 Å². The van der Waals surface area contributed by atoms with Crippen molar-refractivity contribution in [3.63, 3.8) is 0 Å². The smallest absolute Gasteiger partial charge is 0.319 e. The highest BCUT2D eigenvalue weighted by Gasteiger charge is 2.24. The molecule has 0 aliphatic rings. The van der Waals surface area contributed by atoms with Crippen molar-refractivity contribution in [1.82, 2.24) is 20.2 Å². The van der Waals surface area contributed by atoms with Gasteiger partial charge in [-0.05, 0) is 27.7 Å². The molecule has 0 saturated heterocycles. The molecular formula is C13H19N5O4S. The lowest BCUT2D eigenvalue weighted by atomic mass is 10.4. The molecule has 23 heavy (non-hydrogen) atoms. The van der Waals surface area contributed by atoms with Gasteiger partial charge >= 0.3 is 6.01 Å². The maximum absolute atomic E-state index is 12.6. The van der Waals surface area contributed by atoms with Gasteiger partial charge in [0.1, 0.15) is 10.6 Å². The SMILES string of the molecule is CCOc1ncc(NS(=O)(=O)c2c(C)n[nH]c2C)c(OCC)n1. The Morgan fingerprint density at radius 1 is 1.22 bits per heavy atom. The lowest BCUT2D eigenvalue weighted by Crippen LogP contribution is -2.16. The Balaban J connectivity index is 2.38. The number of aryl methyl sites for hydroxylation is 2. The molecule has 0 bridgehead atoms. The van der Waals surface area contributed by atoms with Crippen molar-refractivity contribution < 1.29 is 17.9 Å². The molecule has 0 fully saturated rings. The molecule has 10 heteroatoms. The van der Waals surface area contributed by atoms with E-state index < -0.39 is 10.0 Å². The summed E-state index contributed by atoms with van der Waals surface area (Å²) in [7, 11) is -3.84. The van der Waals surface area contributed by atoms with Crippen LogP contribution in [0.2, 0.25) is 0 Å². The van der Waals surface area contributed by atoms with Gasteiger partial charge < -0.3 is 9.47 Å². The Bertz CT molecular complexity index is 768. The number of aromatic amines is 1. The van der Waals surface area contributed by atoms with Gasteiger partial charge in [-0.2, -0.15) is 10.1 Å². The second-order valence-corrected chi connectivity index (χ2v) is 6.23. The Labute approximate surface area is 134 Å². The van der Waals surface area contributed by atoms with Gasteiger partial charge in [0, 0.05) is 0 Å². The van der Waals surface area contributed by atoms with Crippen molar-refractivity contribution in [2.45, 2.75) is 32.6 Å². The molecular weight excluding hydrogens is 322 g/mol. The van der Waals surface area contributed by atoms with E-state index in [1.165, 1.54) is 6.20 Å². The van der Waals surface area contributed by atoms with Gasteiger partial charge in [-0.25, -0.2) is 13.4 Å². The van der Waals surface area contributed by atoms with E-state index >= 15 is 0 Å². The number of hydrogen-bond donors (Lipinski definition) is 2. The zero-order valence-corrected chi connectivity index (χ0v) is 14.2. The molecule has 2 aromatic heterocycles. The summed E-state index contributed by atoms with van der Waals surface area (Å²) >= 11 is 0. The second kappa shape index (κ2) is 6.82. The highest BCUT2D eigenvalue weighted by molar-refractivity contribution is 7.92. The minimum absolute atomic E-state index is 0.0915. The molecule has 2 aromatic rings. The first-order valence-corrected chi connectivity index (χ1v) is 8.54. The third kappa shape index (κ3) is 3.70. The van der Waals surface area contributed by atoms with Crippen LogP contribution in [-0.2, 0) is 10.0 Å². The van der Waals surface area contributed by atoms with E-state index in [1.54, 1.807) is 27.7 Å². The molecule has 0 aliphatic carbocycles. The summed E-state index contributed by atoms with van der Waals surface area (Å²) in [5.74, 6) is 0.105. The first kappa shape index (κ1) is 17.0. The van der Waals surface area contributed by atoms with E-state index in [2.05, 4.69) is 24.9 Å². The zero-order chi connectivity index (χ0) is 17.0. The predicted molar refractivity (Wildman–Crippen MR) is 83.2 cm³/mol. The number of H-pyrrole nitrogens is 1. The summed E-state index contributed by atoms with van der Waals surface area (Å²) in [6, 6.07) is 0.120. The van der Waals surface area contributed by atoms with E-state index in [4.69, 9.17) is 9.47 Å². The summed E-state index contributed by atoms with van der Waals surface area (Å²) in [4.78, 5) is 8.11. The van der Waals surface area contributed by atoms with Crippen LogP contribution in [0.1, 0.15) is 25.2 Å². The van der Waals surface area contributed by atoms with Crippen molar-refractivity contribution in [3.8, 4) is 11.9 Å². The summed E-state index contributed by atoms with van der Waals surface area (Å²) in [5, 5.41) is 6.54. The minimum Gasteiger partial charge on any atom is -0.476 e. The molecule has 0 amide bonds. The first-order chi connectivity index (χ1) is 10.9. The van der Waals surface area contributed by atoms with Crippen molar-refractivity contribution in [3.05, 3.63) is 17.6 Å². The van der Waals surface area contributed by atoms with Crippen LogP contribution in [0.3, 0.4) is 0 Å². The Morgan fingerprint density at radius 2 is 1.91 bits per heavy atom. The molecule has 2 rings (SSSR count). The van der Waals surface area contributed by atoms with Crippen LogP contribution in [-0.4, -0.2) is 41.8 Å². The fraction of sp³-hybridized carbons (Fsp3) is 0.462. The molecule has 2 heterocycles. The van der Waals surface area contributed by atoms with Crippen LogP contribution < -0.4 is 14.2 Å². The van der Waals surface area contributed by atoms with Crippen LogP contribution in [0, 0.1) is 13.8 Å². The van der Waals surface area contributed by atoms with Crippen LogP contribution in [0.15, 0.2) is 11.1 Å². The van der Waals surface area contributed by atoms with E-state index in [0.29, 0.717) is 24.6 Å². The lowest BCUT2D eigenvalue weighted by Gasteiger charge is -2.12. The Morgan fingerprint density at radius 3 is 2.48 bits per heavy atom. The van der Waals surface area contributed by atoms with Gasteiger partial charge in [0.25, 0.3) is 10.0 Å². The molecule has 9 nitrogen and oxygen atoms in total. The fourth-order valence-electron chi connectivity index (χ4n) is 2.00. The van der Waals surface area contributed by atoms with Crippen LogP contribution in [0.25, 0.3) is 0 Å². The lowest BCUT2D eigenvalue weighted by molar-refractivity contribution is 0.290. The van der Waals surface area contributed by atoms with E-state index in [9.17, 15) is 8.42 Å². The van der Waals surface area contributed by atoms with E-state index in [-0.39, 0.29) is 22.5 Å². The standard InChI is InChI=1S/C13H19N5O4S/c1-5-21-12-10(7-14-13(15-12)22-6-2)18-23(19,20)11-8(3)16-17-9(11)4/h7,18H,5-6H2,1-4H3,(H,16,17). The molecule has 0 aliphatic heterocycles. The number of nitrogens with one attached hydrogen (secondary N) is 2. The largest absolute Gasteiger partial charge is 0.476 e. The second-order valence-electron chi connectivity index (χ2n) is 4.61. The van der Waals surface area contributed by atoms with Crippen LogP contribution >= 0.6 is 0 Å². The molecule has 0 spiro atoms. The zero-order valence-electron chi connectivity index (χ0n) is 13.4. The van der Waals surface area contributed by atoms with Gasteiger partial charge in [0.2, 0.25) is 5.88 Å². The van der Waals surface area contributed by atoms with Crippen LogP contribution in [0.4, 0.5) is 5.69 Å². The average Bonchev–Trinajstić information content (AvgIpc) is 2.82. The monoisotopic (exact) mass is 341 g/mol. The van der Waals surface area contributed by atoms with Crippen LogP contribution in [0.5, 0.6) is 11.9 Å². The topological polar surface area (TPSA) is 119 Å². The van der Waals surface area contributed by atoms with Gasteiger partial charge in [0.15, 0.2) is 0 Å². The van der Waals surface area contributed by atoms with Gasteiger partial charge in [-0.3, -0.25) is 9.82 Å². The number of rotatable bonds is 7. The molecule has 0 atom stereocenters. The summed E-state index contributed by atoms with van der Waals surface area (Å²) < 4.78 is 38.1. The summed E-state index contributed by atoms with van der Waals surface area (Å²) in [6.45, 7) is 7.52. The number of ether oxygens (including phenoxy) is 2. The third-order valence-corrected chi connectivity index (χ3v) is 4.49. The van der Waals surface area contributed by atoms with E-state index in [1.807, 2.05) is 0 Å². The number of hydrogen-bond acceptors (Lipinski definition) is 7. The third-order valence-electron chi connectivity index (χ3n) is 2.86.